The van der Waals surface area contributed by atoms with Gasteiger partial charge in [0, 0.05) is 37.1 Å². The van der Waals surface area contributed by atoms with Crippen molar-refractivity contribution >= 4 is 34.4 Å². The molecule has 0 spiro atoms. The summed E-state index contributed by atoms with van der Waals surface area (Å²) >= 11 is 6.07. The van der Waals surface area contributed by atoms with Crippen molar-refractivity contribution < 1.29 is 9.53 Å². The molecule has 0 atom stereocenters. The second-order valence-corrected chi connectivity index (χ2v) is 8.59. The number of benzene rings is 1. The van der Waals surface area contributed by atoms with Gasteiger partial charge in [0.05, 0.1) is 5.52 Å². The number of fused-ring (bicyclic) bond motifs is 1. The molecular weight excluding hydrogens is 364 g/mol. The summed E-state index contributed by atoms with van der Waals surface area (Å²) in [6.45, 7) is 8.18. The molecule has 6 nitrogen and oxygen atoms in total. The van der Waals surface area contributed by atoms with Crippen molar-refractivity contribution in [2.24, 2.45) is 5.92 Å². The zero-order valence-corrected chi connectivity index (χ0v) is 17.2. The number of ether oxygens (including phenoxy) is 1. The lowest BCUT2D eigenvalue weighted by Crippen LogP contribution is -2.41. The lowest BCUT2D eigenvalue weighted by molar-refractivity contribution is 0.0266. The Kier molecular flexibility index (Phi) is 5.75. The van der Waals surface area contributed by atoms with Gasteiger partial charge < -0.3 is 14.5 Å². The van der Waals surface area contributed by atoms with Gasteiger partial charge in [-0.25, -0.2) is 14.8 Å². The summed E-state index contributed by atoms with van der Waals surface area (Å²) in [5.74, 6) is 1.41. The highest BCUT2D eigenvalue weighted by Gasteiger charge is 2.26. The molecule has 2 heterocycles. The van der Waals surface area contributed by atoms with E-state index in [2.05, 4.69) is 14.9 Å². The molecule has 1 aromatic heterocycles. The van der Waals surface area contributed by atoms with Crippen LogP contribution in [0.3, 0.4) is 0 Å². The minimum atomic E-state index is -0.467. The van der Waals surface area contributed by atoms with Crippen molar-refractivity contribution in [3.63, 3.8) is 0 Å². The van der Waals surface area contributed by atoms with E-state index in [-0.39, 0.29) is 6.09 Å². The fraction of sp³-hybridized carbons (Fsp3) is 0.550. The van der Waals surface area contributed by atoms with Gasteiger partial charge in [-0.3, -0.25) is 0 Å². The quantitative estimate of drug-likeness (QED) is 0.778. The van der Waals surface area contributed by atoms with E-state index in [1.807, 2.05) is 46.0 Å². The summed E-state index contributed by atoms with van der Waals surface area (Å²) in [7, 11) is 1.81. The minimum absolute atomic E-state index is 0.261. The summed E-state index contributed by atoms with van der Waals surface area (Å²) in [6, 6.07) is 5.72. The molecule has 1 fully saturated rings. The first-order chi connectivity index (χ1) is 12.7. The van der Waals surface area contributed by atoms with Crippen LogP contribution in [0.1, 0.15) is 33.6 Å². The second-order valence-electron chi connectivity index (χ2n) is 8.15. The van der Waals surface area contributed by atoms with E-state index in [9.17, 15) is 4.79 Å². The maximum atomic E-state index is 12.2. The highest BCUT2D eigenvalue weighted by molar-refractivity contribution is 6.31. The van der Waals surface area contributed by atoms with E-state index >= 15 is 0 Å². The lowest BCUT2D eigenvalue weighted by Gasteiger charge is -2.35. The van der Waals surface area contributed by atoms with Gasteiger partial charge in [0.1, 0.15) is 17.7 Å². The Bertz CT molecular complexity index is 813. The third-order valence-electron chi connectivity index (χ3n) is 4.73. The Morgan fingerprint density at radius 2 is 2.00 bits per heavy atom. The molecule has 1 saturated heterocycles. The van der Waals surface area contributed by atoms with E-state index in [0.717, 1.165) is 42.7 Å². The van der Waals surface area contributed by atoms with E-state index in [0.29, 0.717) is 17.5 Å². The molecule has 7 heteroatoms. The van der Waals surface area contributed by atoms with Gasteiger partial charge in [-0.1, -0.05) is 11.6 Å². The molecule has 0 N–H and O–H groups in total. The molecule has 27 heavy (non-hydrogen) atoms. The molecule has 146 valence electrons. The fourth-order valence-corrected chi connectivity index (χ4v) is 3.56. The monoisotopic (exact) mass is 390 g/mol. The third kappa shape index (κ3) is 5.01. The molecule has 0 bridgehead atoms. The number of nitrogens with zero attached hydrogens (tertiary/aromatic N) is 4. The number of aromatic nitrogens is 2. The molecule has 1 aliphatic heterocycles. The highest BCUT2D eigenvalue weighted by atomic mass is 35.5. The molecule has 0 saturated carbocycles. The molecule has 1 aromatic carbocycles. The van der Waals surface area contributed by atoms with Crippen molar-refractivity contribution in [3.8, 4) is 0 Å². The van der Waals surface area contributed by atoms with Gasteiger partial charge in [-0.2, -0.15) is 0 Å². The average Bonchev–Trinajstić information content (AvgIpc) is 2.60. The van der Waals surface area contributed by atoms with Crippen LogP contribution in [0.2, 0.25) is 5.02 Å². The number of anilines is 1. The number of hydrogen-bond acceptors (Lipinski definition) is 5. The zero-order valence-electron chi connectivity index (χ0n) is 16.4. The average molecular weight is 391 g/mol. The Hall–Kier alpha value is -2.08. The lowest BCUT2D eigenvalue weighted by atomic mass is 9.96. The fourth-order valence-electron chi connectivity index (χ4n) is 3.40. The summed E-state index contributed by atoms with van der Waals surface area (Å²) in [6.07, 6.45) is 3.35. The van der Waals surface area contributed by atoms with Crippen molar-refractivity contribution in [3.05, 3.63) is 29.5 Å². The Balaban J connectivity index is 1.60. The van der Waals surface area contributed by atoms with Gasteiger partial charge >= 0.3 is 6.09 Å². The van der Waals surface area contributed by atoms with Crippen LogP contribution in [0.15, 0.2) is 24.5 Å². The third-order valence-corrected chi connectivity index (χ3v) is 4.96. The van der Waals surface area contributed by atoms with Gasteiger partial charge in [-0.05, 0) is 57.7 Å². The normalized spacial score (nSPS) is 15.8. The first kappa shape index (κ1) is 19.7. The summed E-state index contributed by atoms with van der Waals surface area (Å²) in [4.78, 5) is 25.0. The van der Waals surface area contributed by atoms with Gasteiger partial charge in [0.15, 0.2) is 0 Å². The summed E-state index contributed by atoms with van der Waals surface area (Å²) in [5.41, 5.74) is 0.394. The van der Waals surface area contributed by atoms with Crippen molar-refractivity contribution in [2.75, 3.05) is 31.6 Å². The molecule has 1 amide bonds. The van der Waals surface area contributed by atoms with Crippen LogP contribution in [0.25, 0.3) is 10.9 Å². The Morgan fingerprint density at radius 3 is 2.67 bits per heavy atom. The molecule has 3 rings (SSSR count). The van der Waals surface area contributed by atoms with Crippen LogP contribution in [0, 0.1) is 5.92 Å². The highest BCUT2D eigenvalue weighted by Crippen LogP contribution is 2.29. The number of halogens is 1. The largest absolute Gasteiger partial charge is 0.444 e. The molecule has 2 aromatic rings. The molecular formula is C20H27ClN4O2. The number of carbonyl (C=O) groups is 1. The standard InChI is InChI=1S/C20H27ClN4O2/c1-20(2,3)27-19(26)24(4)12-14-7-9-25(10-8-14)18-16-6-5-15(21)11-17(16)22-13-23-18/h5-6,11,13-14H,7-10,12H2,1-4H3. The van der Waals surface area contributed by atoms with E-state index in [1.165, 1.54) is 0 Å². The smallest absolute Gasteiger partial charge is 0.410 e. The number of amides is 1. The minimum Gasteiger partial charge on any atom is -0.444 e. The van der Waals surface area contributed by atoms with E-state index < -0.39 is 5.60 Å². The molecule has 0 unspecified atom stereocenters. The van der Waals surface area contributed by atoms with Crippen LogP contribution in [0.5, 0.6) is 0 Å². The Morgan fingerprint density at radius 1 is 1.30 bits per heavy atom. The summed E-state index contributed by atoms with van der Waals surface area (Å²) in [5, 5.41) is 1.70. The maximum Gasteiger partial charge on any atom is 0.410 e. The van der Waals surface area contributed by atoms with E-state index in [4.69, 9.17) is 16.3 Å². The SMILES string of the molecule is CN(CC1CCN(c2ncnc3cc(Cl)ccc23)CC1)C(=O)OC(C)(C)C. The summed E-state index contributed by atoms with van der Waals surface area (Å²) < 4.78 is 5.44. The number of piperidine rings is 1. The number of rotatable bonds is 3. The van der Waals surface area contributed by atoms with Crippen molar-refractivity contribution in [1.29, 1.82) is 0 Å². The predicted octanol–water partition coefficient (Wildman–Crippen LogP) is 4.37. The second kappa shape index (κ2) is 7.89. The van der Waals surface area contributed by atoms with Crippen LogP contribution in [0.4, 0.5) is 10.6 Å². The van der Waals surface area contributed by atoms with E-state index in [1.54, 1.807) is 11.2 Å². The number of carbonyl (C=O) groups excluding carboxylic acids is 1. The first-order valence-corrected chi connectivity index (χ1v) is 9.70. The van der Waals surface area contributed by atoms with Crippen molar-refractivity contribution in [1.82, 2.24) is 14.9 Å². The predicted molar refractivity (Wildman–Crippen MR) is 108 cm³/mol. The molecule has 1 aliphatic rings. The van der Waals surface area contributed by atoms with Gasteiger partial charge in [0.2, 0.25) is 0 Å². The molecule has 0 radical (unpaired) electrons. The Labute approximate surface area is 165 Å². The van der Waals surface area contributed by atoms with Gasteiger partial charge in [-0.15, -0.1) is 0 Å². The number of hydrogen-bond donors (Lipinski definition) is 0. The van der Waals surface area contributed by atoms with Crippen LogP contribution >= 0.6 is 11.6 Å². The van der Waals surface area contributed by atoms with Gasteiger partial charge in [0.25, 0.3) is 0 Å². The zero-order chi connectivity index (χ0) is 19.6. The topological polar surface area (TPSA) is 58.6 Å². The van der Waals surface area contributed by atoms with Crippen LogP contribution < -0.4 is 4.90 Å². The molecule has 0 aliphatic carbocycles. The maximum absolute atomic E-state index is 12.2. The van der Waals surface area contributed by atoms with Crippen LogP contribution in [-0.2, 0) is 4.74 Å². The van der Waals surface area contributed by atoms with Crippen molar-refractivity contribution in [2.45, 2.75) is 39.2 Å². The van der Waals surface area contributed by atoms with Crippen LogP contribution in [-0.4, -0.2) is 53.2 Å². The first-order valence-electron chi connectivity index (χ1n) is 9.32.